The van der Waals surface area contributed by atoms with Crippen LogP contribution in [0.1, 0.15) is 22.5 Å². The van der Waals surface area contributed by atoms with Gasteiger partial charge in [0.2, 0.25) is 11.9 Å². The predicted molar refractivity (Wildman–Crippen MR) is 168 cm³/mol. The van der Waals surface area contributed by atoms with Gasteiger partial charge in [0.05, 0.1) is 36.9 Å². The van der Waals surface area contributed by atoms with E-state index in [0.717, 1.165) is 17.1 Å². The maximum Gasteiger partial charge on any atom is 0.280 e. The number of nitrogens with two attached hydrogens (primary N) is 3. The molecule has 6 aromatic rings. The maximum atomic E-state index is 11.8. The van der Waals surface area contributed by atoms with Crippen molar-refractivity contribution in [3.8, 4) is 0 Å². The third-order valence-electron chi connectivity index (χ3n) is 6.39. The van der Waals surface area contributed by atoms with Crippen molar-refractivity contribution in [2.45, 2.75) is 26.9 Å². The van der Waals surface area contributed by atoms with Crippen LogP contribution >= 0.6 is 0 Å². The quantitative estimate of drug-likeness (QED) is 0.193. The minimum atomic E-state index is -0.387. The highest BCUT2D eigenvalue weighted by Gasteiger charge is 2.10. The van der Waals surface area contributed by atoms with Crippen molar-refractivity contribution < 1.29 is 0 Å². The summed E-state index contributed by atoms with van der Waals surface area (Å²) in [6, 6.07) is 16.3. The maximum absolute atomic E-state index is 11.8. The number of H-pyrrole nitrogens is 1. The molecule has 4 heterocycles. The first-order valence-electron chi connectivity index (χ1n) is 13.3. The SMILES string of the molecule is Cc1ccc(N(C)Cc2cnc3nc(N)nc(N)c3n2)cc1.Cc1ccc(NCc2cnc3nc(N)[nH]c(=O)c3n2)cc1. The molecule has 0 amide bonds. The number of nitrogen functional groups attached to an aromatic ring is 3. The van der Waals surface area contributed by atoms with Crippen LogP contribution in [-0.4, -0.2) is 46.9 Å². The van der Waals surface area contributed by atoms with Crippen LogP contribution in [0.25, 0.3) is 22.3 Å². The molecule has 0 radical (unpaired) electrons. The Kier molecular flexibility index (Phi) is 8.18. The molecule has 0 aliphatic carbocycles. The van der Waals surface area contributed by atoms with Gasteiger partial charge >= 0.3 is 0 Å². The third-order valence-corrected chi connectivity index (χ3v) is 6.39. The average molecular weight is 578 g/mol. The van der Waals surface area contributed by atoms with Gasteiger partial charge in [0.15, 0.2) is 28.1 Å². The predicted octanol–water partition coefficient (Wildman–Crippen LogP) is 2.74. The summed E-state index contributed by atoms with van der Waals surface area (Å²) in [5.74, 6) is 0.381. The van der Waals surface area contributed by atoms with Gasteiger partial charge in [-0.2, -0.15) is 15.0 Å². The van der Waals surface area contributed by atoms with Gasteiger partial charge < -0.3 is 27.4 Å². The molecule has 0 saturated carbocycles. The number of hydrogen-bond acceptors (Lipinski definition) is 13. The monoisotopic (exact) mass is 577 g/mol. The highest BCUT2D eigenvalue weighted by atomic mass is 16.1. The molecular formula is C29H31N13O. The van der Waals surface area contributed by atoms with E-state index >= 15 is 0 Å². The van der Waals surface area contributed by atoms with Crippen molar-refractivity contribution in [2.75, 3.05) is 34.5 Å². The van der Waals surface area contributed by atoms with E-state index in [1.807, 2.05) is 38.2 Å². The molecule has 14 heteroatoms. The van der Waals surface area contributed by atoms with Gasteiger partial charge in [-0.1, -0.05) is 35.4 Å². The first kappa shape index (κ1) is 28.6. The lowest BCUT2D eigenvalue weighted by atomic mass is 10.2. The van der Waals surface area contributed by atoms with Gasteiger partial charge in [0, 0.05) is 18.4 Å². The van der Waals surface area contributed by atoms with Crippen LogP contribution in [0.2, 0.25) is 0 Å². The van der Waals surface area contributed by atoms with E-state index in [-0.39, 0.29) is 34.4 Å². The number of benzene rings is 2. The molecule has 0 atom stereocenters. The Morgan fingerprint density at radius 3 is 2.07 bits per heavy atom. The zero-order valence-corrected chi connectivity index (χ0v) is 23.9. The summed E-state index contributed by atoms with van der Waals surface area (Å²) in [6.07, 6.45) is 3.26. The number of hydrogen-bond donors (Lipinski definition) is 5. The Balaban J connectivity index is 0.000000171. The smallest absolute Gasteiger partial charge is 0.280 e. The lowest BCUT2D eigenvalue weighted by molar-refractivity contribution is 0.881. The number of aryl methyl sites for hydroxylation is 2. The van der Waals surface area contributed by atoms with Crippen LogP contribution in [-0.2, 0) is 13.1 Å². The average Bonchev–Trinajstić information content (AvgIpc) is 2.98. The first-order chi connectivity index (χ1) is 20.6. The number of rotatable bonds is 6. The van der Waals surface area contributed by atoms with Crippen LogP contribution in [0.5, 0.6) is 0 Å². The Hall–Kier alpha value is -5.92. The second-order valence-corrected chi connectivity index (χ2v) is 9.90. The Bertz CT molecular complexity index is 1940. The number of fused-ring (bicyclic) bond motifs is 2. The summed E-state index contributed by atoms with van der Waals surface area (Å²) in [7, 11) is 2.00. The number of nitrogens with one attached hydrogen (secondary N) is 2. The fourth-order valence-corrected chi connectivity index (χ4v) is 4.11. The zero-order valence-electron chi connectivity index (χ0n) is 23.9. The number of anilines is 5. The van der Waals surface area contributed by atoms with E-state index < -0.39 is 0 Å². The topological polar surface area (TPSA) is 216 Å². The summed E-state index contributed by atoms with van der Waals surface area (Å²) in [6.45, 7) is 5.17. The molecule has 0 aliphatic heterocycles. The number of aromatic nitrogens is 8. The molecule has 2 aromatic carbocycles. The summed E-state index contributed by atoms with van der Waals surface area (Å²) < 4.78 is 0. The molecule has 0 aliphatic rings. The van der Waals surface area contributed by atoms with Gasteiger partial charge in [-0.3, -0.25) is 9.78 Å². The van der Waals surface area contributed by atoms with Crippen LogP contribution < -0.4 is 33.0 Å². The number of aromatic amines is 1. The fourth-order valence-electron chi connectivity index (χ4n) is 4.11. The standard InChI is InChI=1S/C15H17N7.C14H14N6O/c1-9-3-5-11(6-4-9)22(2)8-10-7-18-14-12(19-10)13(16)20-15(17)21-14;1-8-2-4-9(5-3-8)16-6-10-7-17-12-11(18-10)13(21)20-14(15)19-12/h3-7H,8H2,1-2H3,(H4,16,17,18,20,21);2-5,7,16H,6H2,1H3,(H3,15,17,19,20,21). The van der Waals surface area contributed by atoms with Gasteiger partial charge in [-0.15, -0.1) is 0 Å². The first-order valence-corrected chi connectivity index (χ1v) is 13.3. The van der Waals surface area contributed by atoms with Crippen molar-refractivity contribution in [2.24, 2.45) is 0 Å². The Morgan fingerprint density at radius 1 is 0.767 bits per heavy atom. The van der Waals surface area contributed by atoms with Gasteiger partial charge in [0.1, 0.15) is 0 Å². The second kappa shape index (κ2) is 12.3. The molecule has 4 aromatic heterocycles. The normalized spacial score (nSPS) is 10.8. The van der Waals surface area contributed by atoms with E-state index in [9.17, 15) is 4.79 Å². The molecule has 0 unspecified atom stereocenters. The summed E-state index contributed by atoms with van der Waals surface area (Å²) in [5.41, 5.74) is 23.7. The largest absolute Gasteiger partial charge is 0.382 e. The van der Waals surface area contributed by atoms with Crippen molar-refractivity contribution in [1.29, 1.82) is 0 Å². The van der Waals surface area contributed by atoms with Crippen molar-refractivity contribution in [3.63, 3.8) is 0 Å². The molecule has 43 heavy (non-hydrogen) atoms. The summed E-state index contributed by atoms with van der Waals surface area (Å²) in [5, 5.41) is 3.22. The molecule has 14 nitrogen and oxygen atoms in total. The van der Waals surface area contributed by atoms with Crippen molar-refractivity contribution in [3.05, 3.63) is 93.8 Å². The molecule has 0 spiro atoms. The zero-order chi connectivity index (χ0) is 30.5. The Labute approximate surface area is 246 Å². The summed E-state index contributed by atoms with van der Waals surface area (Å²) in [4.78, 5) is 45.3. The van der Waals surface area contributed by atoms with Crippen LogP contribution in [0, 0.1) is 13.8 Å². The van der Waals surface area contributed by atoms with Gasteiger partial charge in [-0.05, 0) is 38.1 Å². The molecule has 0 fully saturated rings. The van der Waals surface area contributed by atoms with E-state index in [1.165, 1.54) is 11.1 Å². The molecule has 6 rings (SSSR count). The molecule has 218 valence electrons. The minimum Gasteiger partial charge on any atom is -0.382 e. The molecular weight excluding hydrogens is 546 g/mol. The lowest BCUT2D eigenvalue weighted by Crippen LogP contribution is -2.17. The highest BCUT2D eigenvalue weighted by molar-refractivity contribution is 5.81. The minimum absolute atomic E-state index is 0.0346. The highest BCUT2D eigenvalue weighted by Crippen LogP contribution is 2.18. The molecule has 8 N–H and O–H groups in total. The van der Waals surface area contributed by atoms with Crippen LogP contribution in [0.3, 0.4) is 0 Å². The number of nitrogens with zero attached hydrogens (tertiary/aromatic N) is 8. The third kappa shape index (κ3) is 7.05. The van der Waals surface area contributed by atoms with E-state index in [0.29, 0.717) is 29.9 Å². The Morgan fingerprint density at radius 2 is 1.37 bits per heavy atom. The lowest BCUT2D eigenvalue weighted by Gasteiger charge is -2.19. The van der Waals surface area contributed by atoms with Gasteiger partial charge in [-0.25, -0.2) is 19.9 Å². The van der Waals surface area contributed by atoms with E-state index in [4.69, 9.17) is 17.2 Å². The molecule has 0 saturated heterocycles. The van der Waals surface area contributed by atoms with Crippen molar-refractivity contribution in [1.82, 2.24) is 39.9 Å². The van der Waals surface area contributed by atoms with Crippen LogP contribution in [0.15, 0.2) is 65.7 Å². The fraction of sp³-hybridized carbons (Fsp3) is 0.172. The van der Waals surface area contributed by atoms with Gasteiger partial charge in [0.25, 0.3) is 5.56 Å². The summed E-state index contributed by atoms with van der Waals surface area (Å²) >= 11 is 0. The van der Waals surface area contributed by atoms with Crippen molar-refractivity contribution >= 4 is 51.4 Å². The van der Waals surface area contributed by atoms with E-state index in [2.05, 4.69) is 81.3 Å². The van der Waals surface area contributed by atoms with E-state index in [1.54, 1.807) is 12.4 Å². The second-order valence-electron chi connectivity index (χ2n) is 9.90. The molecule has 0 bridgehead atoms. The van der Waals surface area contributed by atoms with Crippen LogP contribution in [0.4, 0.5) is 29.1 Å².